The van der Waals surface area contributed by atoms with Crippen molar-refractivity contribution in [2.45, 2.75) is 53.4 Å². The van der Waals surface area contributed by atoms with E-state index >= 15 is 0 Å². The van der Waals surface area contributed by atoms with Crippen molar-refractivity contribution < 1.29 is 0 Å². The normalized spacial score (nSPS) is 14.4. The minimum atomic E-state index is 1.17. The molecule has 0 N–H and O–H groups in total. The van der Waals surface area contributed by atoms with E-state index in [-0.39, 0.29) is 0 Å². The van der Waals surface area contributed by atoms with E-state index in [0.717, 1.165) is 0 Å². The highest BCUT2D eigenvalue weighted by Gasteiger charge is 2.23. The fourth-order valence-electron chi connectivity index (χ4n) is 3.43. The van der Waals surface area contributed by atoms with Crippen molar-refractivity contribution in [3.63, 3.8) is 0 Å². The molecule has 0 radical (unpaired) electrons. The van der Waals surface area contributed by atoms with Crippen LogP contribution in [0, 0.1) is 0 Å². The van der Waals surface area contributed by atoms with Crippen LogP contribution in [0.3, 0.4) is 0 Å². The van der Waals surface area contributed by atoms with Gasteiger partial charge in [-0.05, 0) is 53.5 Å². The summed E-state index contributed by atoms with van der Waals surface area (Å²) >= 11 is 0. The Hall–Kier alpha value is -1.82. The smallest absolute Gasteiger partial charge is 0.00549 e. The molecule has 0 aromatic heterocycles. The molecule has 0 unspecified atom stereocenters. The number of aryl methyl sites for hydroxylation is 1. The third-order valence-corrected chi connectivity index (χ3v) is 4.34. The maximum atomic E-state index is 2.30. The summed E-state index contributed by atoms with van der Waals surface area (Å²) in [5.41, 5.74) is 9.40. The van der Waals surface area contributed by atoms with Gasteiger partial charge in [-0.25, -0.2) is 0 Å². The minimum absolute atomic E-state index is 1.17. The molecule has 0 aliphatic heterocycles. The molecule has 0 nitrogen and oxygen atoms in total. The molecule has 2 aliphatic carbocycles. The predicted molar refractivity (Wildman–Crippen MR) is 98.2 cm³/mol. The van der Waals surface area contributed by atoms with Crippen molar-refractivity contribution in [3.05, 3.63) is 76.4 Å². The molecule has 0 atom stereocenters. The molecule has 0 saturated heterocycles. The molecule has 0 amide bonds. The molecular formula is C22H28. The van der Waals surface area contributed by atoms with Gasteiger partial charge in [0.2, 0.25) is 0 Å². The van der Waals surface area contributed by atoms with Crippen LogP contribution < -0.4 is 0 Å². The molecule has 2 aromatic rings. The van der Waals surface area contributed by atoms with Crippen LogP contribution in [0.15, 0.2) is 54.1 Å². The van der Waals surface area contributed by atoms with Crippen LogP contribution in [0.5, 0.6) is 0 Å². The summed E-state index contributed by atoms with van der Waals surface area (Å²) in [6.45, 7) is 8.00. The Morgan fingerprint density at radius 2 is 1.09 bits per heavy atom. The summed E-state index contributed by atoms with van der Waals surface area (Å²) in [5.74, 6) is 0. The molecular weight excluding hydrogens is 264 g/mol. The van der Waals surface area contributed by atoms with Crippen LogP contribution in [-0.4, -0.2) is 0 Å². The summed E-state index contributed by atoms with van der Waals surface area (Å²) in [4.78, 5) is 0. The number of rotatable bonds is 0. The largest absolute Gasteiger partial charge is 0.0683 e. The fourth-order valence-corrected chi connectivity index (χ4v) is 3.43. The Kier molecular flexibility index (Phi) is 6.00. The third kappa shape index (κ3) is 3.16. The van der Waals surface area contributed by atoms with Crippen LogP contribution in [0.25, 0.3) is 5.57 Å². The van der Waals surface area contributed by atoms with Crippen molar-refractivity contribution >= 4 is 5.57 Å². The summed E-state index contributed by atoms with van der Waals surface area (Å²) in [7, 11) is 0. The molecule has 2 aliphatic rings. The molecule has 0 saturated carbocycles. The molecule has 116 valence electrons. The molecule has 0 spiro atoms. The van der Waals surface area contributed by atoms with Crippen LogP contribution in [-0.2, 0) is 19.3 Å². The number of allylic oxidation sites excluding steroid dienone is 2. The highest BCUT2D eigenvalue weighted by molar-refractivity contribution is 5.76. The van der Waals surface area contributed by atoms with Crippen LogP contribution >= 0.6 is 0 Å². The summed E-state index contributed by atoms with van der Waals surface area (Å²) in [6.07, 6.45) is 4.80. The lowest BCUT2D eigenvalue weighted by Gasteiger charge is -2.05. The zero-order valence-corrected chi connectivity index (χ0v) is 14.4. The van der Waals surface area contributed by atoms with E-state index in [2.05, 4.69) is 48.5 Å². The van der Waals surface area contributed by atoms with Crippen molar-refractivity contribution in [2.75, 3.05) is 0 Å². The van der Waals surface area contributed by atoms with Crippen LogP contribution in [0.2, 0.25) is 0 Å². The Morgan fingerprint density at radius 3 is 1.68 bits per heavy atom. The Morgan fingerprint density at radius 1 is 0.591 bits per heavy atom. The summed E-state index contributed by atoms with van der Waals surface area (Å²) in [6, 6.07) is 17.8. The first-order valence-corrected chi connectivity index (χ1v) is 8.78. The average Bonchev–Trinajstić information content (AvgIpc) is 3.22. The van der Waals surface area contributed by atoms with E-state index in [1.807, 2.05) is 27.7 Å². The SMILES string of the molecule is CC.CC.c1ccc2c(c1)CC(=C1CCc3ccccc31)C2. The monoisotopic (exact) mass is 292 g/mol. The van der Waals surface area contributed by atoms with E-state index in [9.17, 15) is 0 Å². The van der Waals surface area contributed by atoms with Crippen LogP contribution in [0.4, 0.5) is 0 Å². The molecule has 0 heterocycles. The maximum Gasteiger partial charge on any atom is -0.00549 e. The second-order valence-corrected chi connectivity index (χ2v) is 5.36. The van der Waals surface area contributed by atoms with Gasteiger partial charge in [0.05, 0.1) is 0 Å². The highest BCUT2D eigenvalue weighted by Crippen LogP contribution is 2.39. The zero-order chi connectivity index (χ0) is 15.9. The number of fused-ring (bicyclic) bond motifs is 2. The van der Waals surface area contributed by atoms with Gasteiger partial charge < -0.3 is 0 Å². The second kappa shape index (κ2) is 7.98. The molecule has 2 aromatic carbocycles. The van der Waals surface area contributed by atoms with Gasteiger partial charge in [-0.3, -0.25) is 0 Å². The lowest BCUT2D eigenvalue weighted by molar-refractivity contribution is 1.06. The second-order valence-electron chi connectivity index (χ2n) is 5.36. The van der Waals surface area contributed by atoms with Gasteiger partial charge >= 0.3 is 0 Å². The minimum Gasteiger partial charge on any atom is -0.0683 e. The van der Waals surface area contributed by atoms with Crippen molar-refractivity contribution in [1.82, 2.24) is 0 Å². The highest BCUT2D eigenvalue weighted by atomic mass is 14.3. The summed E-state index contributed by atoms with van der Waals surface area (Å²) in [5, 5.41) is 0. The van der Waals surface area contributed by atoms with E-state index in [0.29, 0.717) is 0 Å². The molecule has 0 heteroatoms. The van der Waals surface area contributed by atoms with E-state index in [4.69, 9.17) is 0 Å². The quantitative estimate of drug-likeness (QED) is 0.539. The van der Waals surface area contributed by atoms with Gasteiger partial charge in [-0.15, -0.1) is 0 Å². The number of hydrogen-bond donors (Lipinski definition) is 0. The zero-order valence-electron chi connectivity index (χ0n) is 14.4. The molecule has 0 fully saturated rings. The van der Waals surface area contributed by atoms with Gasteiger partial charge in [0.15, 0.2) is 0 Å². The predicted octanol–water partition coefficient (Wildman–Crippen LogP) is 6.24. The Bertz CT molecular complexity index is 620. The Balaban J connectivity index is 0.000000410. The van der Waals surface area contributed by atoms with E-state index in [1.54, 1.807) is 11.1 Å². The first-order valence-electron chi connectivity index (χ1n) is 8.78. The lowest BCUT2D eigenvalue weighted by Crippen LogP contribution is -1.88. The Labute approximate surface area is 135 Å². The maximum absolute atomic E-state index is 2.30. The van der Waals surface area contributed by atoms with Crippen molar-refractivity contribution in [2.24, 2.45) is 0 Å². The van der Waals surface area contributed by atoms with Gasteiger partial charge in [-0.1, -0.05) is 81.8 Å². The lowest BCUT2D eigenvalue weighted by atomic mass is 10.00. The van der Waals surface area contributed by atoms with E-state index < -0.39 is 0 Å². The van der Waals surface area contributed by atoms with Crippen LogP contribution in [0.1, 0.15) is 56.4 Å². The molecule has 0 bridgehead atoms. The fraction of sp³-hybridized carbons (Fsp3) is 0.364. The van der Waals surface area contributed by atoms with E-state index in [1.165, 1.54) is 47.9 Å². The number of hydrogen-bond acceptors (Lipinski definition) is 0. The first kappa shape index (κ1) is 16.5. The molecule has 4 rings (SSSR count). The number of benzene rings is 2. The topological polar surface area (TPSA) is 0 Å². The van der Waals surface area contributed by atoms with Crippen molar-refractivity contribution in [3.8, 4) is 0 Å². The van der Waals surface area contributed by atoms with Gasteiger partial charge in [0.1, 0.15) is 0 Å². The van der Waals surface area contributed by atoms with Gasteiger partial charge in [-0.2, -0.15) is 0 Å². The average molecular weight is 292 g/mol. The van der Waals surface area contributed by atoms with Crippen molar-refractivity contribution in [1.29, 1.82) is 0 Å². The van der Waals surface area contributed by atoms with Gasteiger partial charge in [0.25, 0.3) is 0 Å². The standard InChI is InChI=1S/C18H16.2C2H6/c1-2-7-15-12-16(11-14(15)6-1)18-10-9-13-5-3-4-8-17(13)18;2*1-2/h1-8H,9-12H2;2*1-2H3. The molecule has 22 heavy (non-hydrogen) atoms. The van der Waals surface area contributed by atoms with Gasteiger partial charge in [0, 0.05) is 0 Å². The summed E-state index contributed by atoms with van der Waals surface area (Å²) < 4.78 is 0. The third-order valence-electron chi connectivity index (χ3n) is 4.34. The first-order chi connectivity index (χ1) is 10.9.